The van der Waals surface area contributed by atoms with Gasteiger partial charge in [0.15, 0.2) is 6.79 Å². The number of rotatable bonds is 5. The van der Waals surface area contributed by atoms with Crippen molar-refractivity contribution >= 4 is 10.9 Å². The van der Waals surface area contributed by atoms with E-state index in [2.05, 4.69) is 4.98 Å². The van der Waals surface area contributed by atoms with Gasteiger partial charge in [0.1, 0.15) is 17.5 Å². The van der Waals surface area contributed by atoms with E-state index in [1.807, 2.05) is 60.7 Å². The molecule has 3 rings (SSSR count). The van der Waals surface area contributed by atoms with Crippen LogP contribution in [-0.2, 0) is 11.3 Å². The van der Waals surface area contributed by atoms with Crippen LogP contribution in [0.5, 0.6) is 5.75 Å². The molecule has 1 heterocycles. The summed E-state index contributed by atoms with van der Waals surface area (Å²) >= 11 is 0. The van der Waals surface area contributed by atoms with Crippen molar-refractivity contribution in [2.45, 2.75) is 6.61 Å². The minimum Gasteiger partial charge on any atom is -0.468 e. The summed E-state index contributed by atoms with van der Waals surface area (Å²) in [6.45, 7) is 0.700. The molecule has 4 heteroatoms. The van der Waals surface area contributed by atoms with E-state index in [1.54, 1.807) is 6.07 Å². The molecule has 0 amide bonds. The first-order chi connectivity index (χ1) is 10.8. The van der Waals surface area contributed by atoms with Gasteiger partial charge in [0.05, 0.1) is 12.1 Å². The van der Waals surface area contributed by atoms with E-state index in [4.69, 9.17) is 14.7 Å². The van der Waals surface area contributed by atoms with Crippen LogP contribution in [0.3, 0.4) is 0 Å². The van der Waals surface area contributed by atoms with E-state index in [9.17, 15) is 0 Å². The number of nitriles is 1. The van der Waals surface area contributed by atoms with Crippen LogP contribution in [0.2, 0.25) is 0 Å². The minimum atomic E-state index is 0.185. The molecular formula is C18H14N2O2. The average molecular weight is 290 g/mol. The summed E-state index contributed by atoms with van der Waals surface area (Å²) in [6.07, 6.45) is 0. The number of hydrogen-bond donors (Lipinski definition) is 0. The highest BCUT2D eigenvalue weighted by atomic mass is 16.7. The lowest BCUT2D eigenvalue weighted by molar-refractivity contribution is 0.00512. The van der Waals surface area contributed by atoms with Crippen molar-refractivity contribution in [2.75, 3.05) is 6.79 Å². The van der Waals surface area contributed by atoms with Gasteiger partial charge in [-0.3, -0.25) is 0 Å². The summed E-state index contributed by atoms with van der Waals surface area (Å²) in [7, 11) is 0. The summed E-state index contributed by atoms with van der Waals surface area (Å²) in [6, 6.07) is 21.1. The highest BCUT2D eigenvalue weighted by Crippen LogP contribution is 2.20. The molecule has 0 spiro atoms. The van der Waals surface area contributed by atoms with Gasteiger partial charge in [0.25, 0.3) is 0 Å². The van der Waals surface area contributed by atoms with Gasteiger partial charge in [-0.15, -0.1) is 0 Å². The highest BCUT2D eigenvalue weighted by Gasteiger charge is 2.01. The van der Waals surface area contributed by atoms with Gasteiger partial charge in [-0.05, 0) is 35.9 Å². The maximum Gasteiger partial charge on any atom is 0.189 e. The average Bonchev–Trinajstić information content (AvgIpc) is 2.59. The van der Waals surface area contributed by atoms with E-state index in [-0.39, 0.29) is 6.79 Å². The second-order valence-corrected chi connectivity index (χ2v) is 4.76. The monoisotopic (exact) mass is 290 g/mol. The second-order valence-electron chi connectivity index (χ2n) is 4.76. The van der Waals surface area contributed by atoms with Crippen molar-refractivity contribution in [3.63, 3.8) is 0 Å². The molecule has 0 atom stereocenters. The molecule has 22 heavy (non-hydrogen) atoms. The first kappa shape index (κ1) is 14.1. The van der Waals surface area contributed by atoms with E-state index < -0.39 is 0 Å². The Balaban J connectivity index is 1.59. The number of aromatic nitrogens is 1. The fourth-order valence-electron chi connectivity index (χ4n) is 2.10. The SMILES string of the molecule is N#Cc1ccc2cc(OCOCc3ccccc3)ccc2n1. The van der Waals surface area contributed by atoms with Gasteiger partial charge in [-0.25, -0.2) is 4.98 Å². The first-order valence-electron chi connectivity index (χ1n) is 6.90. The fraction of sp³-hybridized carbons (Fsp3) is 0.111. The van der Waals surface area contributed by atoms with Gasteiger partial charge in [-0.2, -0.15) is 5.26 Å². The Labute approximate surface area is 128 Å². The third-order valence-corrected chi connectivity index (χ3v) is 3.20. The van der Waals surface area contributed by atoms with Crippen molar-refractivity contribution < 1.29 is 9.47 Å². The number of benzene rings is 2. The largest absolute Gasteiger partial charge is 0.468 e. The van der Waals surface area contributed by atoms with Gasteiger partial charge in [-0.1, -0.05) is 30.3 Å². The molecule has 0 aliphatic heterocycles. The van der Waals surface area contributed by atoms with Crippen LogP contribution < -0.4 is 4.74 Å². The lowest BCUT2D eigenvalue weighted by atomic mass is 10.2. The molecule has 0 radical (unpaired) electrons. The molecule has 0 fully saturated rings. The Morgan fingerprint density at radius 3 is 2.68 bits per heavy atom. The number of pyridine rings is 1. The molecule has 0 saturated carbocycles. The van der Waals surface area contributed by atoms with Crippen molar-refractivity contribution in [3.05, 3.63) is 71.9 Å². The smallest absolute Gasteiger partial charge is 0.189 e. The lowest BCUT2D eigenvalue weighted by Gasteiger charge is -2.08. The van der Waals surface area contributed by atoms with E-state index in [0.717, 1.165) is 16.5 Å². The lowest BCUT2D eigenvalue weighted by Crippen LogP contribution is -2.02. The number of ether oxygens (including phenoxy) is 2. The summed E-state index contributed by atoms with van der Waals surface area (Å²) in [5.41, 5.74) is 2.29. The summed E-state index contributed by atoms with van der Waals surface area (Å²) in [5, 5.41) is 9.77. The van der Waals surface area contributed by atoms with Crippen LogP contribution in [0.15, 0.2) is 60.7 Å². The molecule has 0 unspecified atom stereocenters. The molecule has 3 aromatic rings. The maximum atomic E-state index is 8.84. The predicted octanol–water partition coefficient (Wildman–Crippen LogP) is 3.66. The number of hydrogen-bond acceptors (Lipinski definition) is 4. The predicted molar refractivity (Wildman–Crippen MR) is 83.2 cm³/mol. The zero-order valence-electron chi connectivity index (χ0n) is 11.9. The first-order valence-corrected chi connectivity index (χ1v) is 6.90. The summed E-state index contributed by atoms with van der Waals surface area (Å²) < 4.78 is 11.1. The zero-order valence-corrected chi connectivity index (χ0v) is 11.9. The van der Waals surface area contributed by atoms with Crippen molar-refractivity contribution in [1.82, 2.24) is 4.98 Å². The molecule has 4 nitrogen and oxygen atoms in total. The van der Waals surface area contributed by atoms with Gasteiger partial charge in [0, 0.05) is 5.39 Å². The molecule has 0 saturated heterocycles. The number of fused-ring (bicyclic) bond motifs is 1. The molecule has 108 valence electrons. The van der Waals surface area contributed by atoms with E-state index >= 15 is 0 Å². The Kier molecular flexibility index (Phi) is 4.28. The Bertz CT molecular complexity index is 810. The van der Waals surface area contributed by atoms with Gasteiger partial charge < -0.3 is 9.47 Å². The van der Waals surface area contributed by atoms with Gasteiger partial charge in [0.2, 0.25) is 0 Å². The molecule has 1 aromatic heterocycles. The Morgan fingerprint density at radius 1 is 1.00 bits per heavy atom. The van der Waals surface area contributed by atoms with Crippen molar-refractivity contribution in [1.29, 1.82) is 5.26 Å². The van der Waals surface area contributed by atoms with Crippen LogP contribution in [-0.4, -0.2) is 11.8 Å². The number of nitrogens with zero attached hydrogens (tertiary/aromatic N) is 2. The molecule has 0 aliphatic carbocycles. The third kappa shape index (κ3) is 3.40. The van der Waals surface area contributed by atoms with Crippen LogP contribution in [0.25, 0.3) is 10.9 Å². The van der Waals surface area contributed by atoms with Crippen LogP contribution in [0.1, 0.15) is 11.3 Å². The van der Waals surface area contributed by atoms with Gasteiger partial charge >= 0.3 is 0 Å². The summed E-state index contributed by atoms with van der Waals surface area (Å²) in [4.78, 5) is 4.22. The highest BCUT2D eigenvalue weighted by molar-refractivity contribution is 5.80. The second kappa shape index (κ2) is 6.70. The molecular weight excluding hydrogens is 276 g/mol. The van der Waals surface area contributed by atoms with Crippen molar-refractivity contribution in [3.8, 4) is 11.8 Å². The maximum absolute atomic E-state index is 8.84. The summed E-state index contributed by atoms with van der Waals surface area (Å²) in [5.74, 6) is 0.715. The normalized spacial score (nSPS) is 10.3. The van der Waals surface area contributed by atoms with Crippen LogP contribution in [0, 0.1) is 11.3 Å². The topological polar surface area (TPSA) is 55.1 Å². The minimum absolute atomic E-state index is 0.185. The Hall–Kier alpha value is -2.90. The molecule has 0 aliphatic rings. The van der Waals surface area contributed by atoms with E-state index in [0.29, 0.717) is 18.1 Å². The van der Waals surface area contributed by atoms with Crippen LogP contribution in [0.4, 0.5) is 0 Å². The molecule has 0 N–H and O–H groups in total. The quantitative estimate of drug-likeness (QED) is 0.531. The van der Waals surface area contributed by atoms with Crippen LogP contribution >= 0.6 is 0 Å². The molecule has 0 bridgehead atoms. The zero-order chi connectivity index (χ0) is 15.2. The van der Waals surface area contributed by atoms with Crippen molar-refractivity contribution in [2.24, 2.45) is 0 Å². The third-order valence-electron chi connectivity index (χ3n) is 3.20. The fourth-order valence-corrected chi connectivity index (χ4v) is 2.10. The molecule has 2 aromatic carbocycles. The standard InChI is InChI=1S/C18H14N2O2/c19-11-16-7-6-15-10-17(8-9-18(15)20-16)22-13-21-12-14-4-2-1-3-5-14/h1-10H,12-13H2. The van der Waals surface area contributed by atoms with E-state index in [1.165, 1.54) is 0 Å². The Morgan fingerprint density at radius 2 is 1.86 bits per heavy atom.